The Morgan fingerprint density at radius 1 is 1.12 bits per heavy atom. The van der Waals surface area contributed by atoms with Gasteiger partial charge in [0.05, 0.1) is 30.6 Å². The number of fused-ring (bicyclic) bond motifs is 3. The third kappa shape index (κ3) is 5.33. The summed E-state index contributed by atoms with van der Waals surface area (Å²) in [5.41, 5.74) is 4.95. The molecule has 1 saturated heterocycles. The van der Waals surface area contributed by atoms with E-state index in [-0.39, 0.29) is 18.0 Å². The number of amides is 1. The summed E-state index contributed by atoms with van der Waals surface area (Å²) in [5, 5.41) is 3.74. The van der Waals surface area contributed by atoms with Crippen molar-refractivity contribution in [1.82, 2.24) is 19.8 Å². The quantitative estimate of drug-likeness (QED) is 0.308. The number of hydrogen-bond acceptors (Lipinski definition) is 7. The number of likely N-dealkylation sites (tertiary alicyclic amines) is 1. The fourth-order valence-corrected chi connectivity index (χ4v) is 5.63. The molecule has 0 saturated carbocycles. The average molecular weight is 585 g/mol. The van der Waals surface area contributed by atoms with Crippen molar-refractivity contribution in [3.63, 3.8) is 0 Å². The SMILES string of the molecule is COc1cccc(F)c1C1=NCc2cnc(Nc3ccc(C(=O)N4CCC(N(C)C)C4)cc3)nc2-c2ccc(Cl)cc21. The van der Waals surface area contributed by atoms with Crippen LogP contribution in [-0.2, 0) is 6.54 Å². The Bertz CT molecular complexity index is 1690. The summed E-state index contributed by atoms with van der Waals surface area (Å²) in [6, 6.07) is 17.8. The third-order valence-corrected chi connectivity index (χ3v) is 8.00. The summed E-state index contributed by atoms with van der Waals surface area (Å²) in [4.78, 5) is 31.2. The number of aromatic nitrogens is 2. The molecule has 3 aromatic carbocycles. The van der Waals surface area contributed by atoms with Crippen LogP contribution in [-0.4, -0.2) is 71.7 Å². The molecule has 0 radical (unpaired) electrons. The van der Waals surface area contributed by atoms with Gasteiger partial charge < -0.3 is 19.9 Å². The van der Waals surface area contributed by atoms with Gasteiger partial charge in [0, 0.05) is 58.3 Å². The van der Waals surface area contributed by atoms with Crippen LogP contribution in [0.2, 0.25) is 5.02 Å². The Kier molecular flexibility index (Phi) is 7.62. The number of likely N-dealkylation sites (N-methyl/N-ethyl adjacent to an activating group) is 1. The van der Waals surface area contributed by atoms with Gasteiger partial charge in [0.25, 0.3) is 5.91 Å². The summed E-state index contributed by atoms with van der Waals surface area (Å²) in [6.45, 7) is 1.74. The van der Waals surface area contributed by atoms with Gasteiger partial charge in [-0.3, -0.25) is 9.79 Å². The second kappa shape index (κ2) is 11.5. The highest BCUT2D eigenvalue weighted by atomic mass is 35.5. The molecule has 1 atom stereocenters. The van der Waals surface area contributed by atoms with E-state index in [1.807, 2.05) is 49.3 Å². The highest BCUT2D eigenvalue weighted by Gasteiger charge is 2.28. The van der Waals surface area contributed by atoms with Crippen molar-refractivity contribution in [3.8, 4) is 17.0 Å². The number of nitrogens with one attached hydrogen (secondary N) is 1. The normalized spacial score (nSPS) is 16.0. The van der Waals surface area contributed by atoms with Crippen LogP contribution >= 0.6 is 11.6 Å². The average Bonchev–Trinajstić information content (AvgIpc) is 3.44. The van der Waals surface area contributed by atoms with Crippen LogP contribution < -0.4 is 10.1 Å². The number of carbonyl (C=O) groups excluding carboxylic acids is 1. The largest absolute Gasteiger partial charge is 0.496 e. The standard InChI is InChI=1S/C32H30ClFN6O2/c1-39(2)23-13-14-40(18-23)31(41)19-7-10-22(11-8-19)37-32-36-17-20-16-35-30(28-26(34)5-4-6-27(28)42-3)25-15-21(33)9-12-24(25)29(20)38-32/h4-12,15,17,23H,13-14,16,18H2,1-3H3,(H,36,37,38). The Hall–Kier alpha value is -4.34. The Morgan fingerprint density at radius 2 is 1.93 bits per heavy atom. The van der Waals surface area contributed by atoms with E-state index in [1.165, 1.54) is 13.2 Å². The molecule has 42 heavy (non-hydrogen) atoms. The van der Waals surface area contributed by atoms with Crippen LogP contribution in [0.25, 0.3) is 11.3 Å². The number of nitrogens with zero attached hydrogens (tertiary/aromatic N) is 5. The van der Waals surface area contributed by atoms with Crippen LogP contribution in [0.3, 0.4) is 0 Å². The predicted octanol–water partition coefficient (Wildman–Crippen LogP) is 5.82. The Balaban J connectivity index is 1.28. The molecule has 2 aliphatic rings. The molecule has 214 valence electrons. The minimum absolute atomic E-state index is 0.0322. The first kappa shape index (κ1) is 27.8. The van der Waals surface area contributed by atoms with Gasteiger partial charge in [-0.1, -0.05) is 23.7 Å². The van der Waals surface area contributed by atoms with Crippen molar-refractivity contribution in [3.05, 3.63) is 100.0 Å². The molecule has 6 rings (SSSR count). The number of aliphatic imine (C=N–C) groups is 1. The van der Waals surface area contributed by atoms with Crippen molar-refractivity contribution in [1.29, 1.82) is 0 Å². The van der Waals surface area contributed by atoms with Crippen LogP contribution in [0.4, 0.5) is 16.0 Å². The van der Waals surface area contributed by atoms with Crippen molar-refractivity contribution in [2.24, 2.45) is 4.99 Å². The molecule has 8 nitrogen and oxygen atoms in total. The van der Waals surface area contributed by atoms with Gasteiger partial charge in [-0.15, -0.1) is 0 Å². The number of rotatable bonds is 6. The van der Waals surface area contributed by atoms with E-state index in [4.69, 9.17) is 26.3 Å². The number of halogens is 2. The maximum absolute atomic E-state index is 15.1. The number of hydrogen-bond donors (Lipinski definition) is 1. The first-order valence-electron chi connectivity index (χ1n) is 13.7. The zero-order valence-corrected chi connectivity index (χ0v) is 24.3. The molecule has 0 bridgehead atoms. The van der Waals surface area contributed by atoms with E-state index < -0.39 is 5.82 Å². The molecule has 10 heteroatoms. The Labute approximate surface area is 248 Å². The molecular weight excluding hydrogens is 555 g/mol. The molecule has 2 aliphatic heterocycles. The molecule has 1 fully saturated rings. The lowest BCUT2D eigenvalue weighted by Crippen LogP contribution is -2.34. The monoisotopic (exact) mass is 584 g/mol. The lowest BCUT2D eigenvalue weighted by atomic mass is 9.94. The van der Waals surface area contributed by atoms with Crippen molar-refractivity contribution < 1.29 is 13.9 Å². The first-order valence-corrected chi connectivity index (χ1v) is 14.1. The highest BCUT2D eigenvalue weighted by Crippen LogP contribution is 2.36. The van der Waals surface area contributed by atoms with Gasteiger partial charge in [0.1, 0.15) is 11.6 Å². The molecule has 0 aliphatic carbocycles. The second-order valence-electron chi connectivity index (χ2n) is 10.6. The summed E-state index contributed by atoms with van der Waals surface area (Å²) in [6.07, 6.45) is 2.70. The number of methoxy groups -OCH3 is 1. The van der Waals surface area contributed by atoms with Gasteiger partial charge in [0.15, 0.2) is 0 Å². The van der Waals surface area contributed by atoms with E-state index in [9.17, 15) is 4.79 Å². The van der Waals surface area contributed by atoms with Crippen LogP contribution in [0.5, 0.6) is 5.75 Å². The van der Waals surface area contributed by atoms with Crippen LogP contribution in [0.1, 0.15) is 33.5 Å². The van der Waals surface area contributed by atoms with E-state index in [0.29, 0.717) is 45.3 Å². The maximum atomic E-state index is 15.1. The number of ether oxygens (including phenoxy) is 1. The highest BCUT2D eigenvalue weighted by molar-refractivity contribution is 6.31. The van der Waals surface area contributed by atoms with Gasteiger partial charge in [-0.25, -0.2) is 14.4 Å². The fourth-order valence-electron chi connectivity index (χ4n) is 5.46. The third-order valence-electron chi connectivity index (χ3n) is 7.76. The molecule has 4 aromatic rings. The fraction of sp³-hybridized carbons (Fsp3) is 0.250. The van der Waals surface area contributed by atoms with Crippen molar-refractivity contribution in [2.75, 3.05) is 39.6 Å². The lowest BCUT2D eigenvalue weighted by molar-refractivity contribution is 0.0783. The number of carbonyl (C=O) groups is 1. The zero-order chi connectivity index (χ0) is 29.4. The summed E-state index contributed by atoms with van der Waals surface area (Å²) < 4.78 is 20.6. The minimum Gasteiger partial charge on any atom is -0.496 e. The van der Waals surface area contributed by atoms with E-state index >= 15 is 4.39 Å². The Morgan fingerprint density at radius 3 is 2.67 bits per heavy atom. The number of benzene rings is 3. The predicted molar refractivity (Wildman–Crippen MR) is 162 cm³/mol. The van der Waals surface area contributed by atoms with Crippen LogP contribution in [0, 0.1) is 5.82 Å². The van der Waals surface area contributed by atoms with Crippen molar-refractivity contribution in [2.45, 2.75) is 19.0 Å². The van der Waals surface area contributed by atoms with Crippen LogP contribution in [0.15, 0.2) is 71.9 Å². The van der Waals surface area contributed by atoms with E-state index in [0.717, 1.165) is 36.3 Å². The van der Waals surface area contributed by atoms with Gasteiger partial charge >= 0.3 is 0 Å². The summed E-state index contributed by atoms with van der Waals surface area (Å²) in [7, 11) is 5.59. The van der Waals surface area contributed by atoms with Gasteiger partial charge in [-0.05, 0) is 69.0 Å². The summed E-state index contributed by atoms with van der Waals surface area (Å²) >= 11 is 6.40. The maximum Gasteiger partial charge on any atom is 0.253 e. The van der Waals surface area contributed by atoms with Crippen molar-refractivity contribution >= 4 is 34.9 Å². The van der Waals surface area contributed by atoms with E-state index in [2.05, 4.69) is 15.2 Å². The smallest absolute Gasteiger partial charge is 0.253 e. The van der Waals surface area contributed by atoms with Gasteiger partial charge in [0.2, 0.25) is 5.95 Å². The molecule has 1 amide bonds. The first-order chi connectivity index (χ1) is 20.3. The topological polar surface area (TPSA) is 83.0 Å². The number of anilines is 2. The zero-order valence-electron chi connectivity index (χ0n) is 23.6. The molecule has 1 unspecified atom stereocenters. The molecule has 1 N–H and O–H groups in total. The lowest BCUT2D eigenvalue weighted by Gasteiger charge is -2.20. The molecular formula is C32H30ClFN6O2. The van der Waals surface area contributed by atoms with Gasteiger partial charge in [-0.2, -0.15) is 0 Å². The molecule has 0 spiro atoms. The second-order valence-corrected chi connectivity index (χ2v) is 11.0. The van der Waals surface area contributed by atoms with E-state index in [1.54, 1.807) is 30.5 Å². The summed E-state index contributed by atoms with van der Waals surface area (Å²) in [5.74, 6) is 0.351. The minimum atomic E-state index is -0.442. The molecule has 1 aromatic heterocycles. The molecule has 3 heterocycles.